The van der Waals surface area contributed by atoms with Crippen LogP contribution < -0.4 is 0 Å². The minimum absolute atomic E-state index is 0.515. The lowest BCUT2D eigenvalue weighted by atomic mass is 10.3. The third-order valence-electron chi connectivity index (χ3n) is 2.53. The molecule has 0 aromatic carbocycles. The maximum absolute atomic E-state index is 4.38. The van der Waals surface area contributed by atoms with Crippen molar-refractivity contribution in [2.45, 2.75) is 18.2 Å². The molecule has 0 amide bonds. The lowest BCUT2D eigenvalue weighted by molar-refractivity contribution is 0.654. The van der Waals surface area contributed by atoms with Crippen LogP contribution in [0.4, 0.5) is 0 Å². The molecule has 0 spiro atoms. The Kier molecular flexibility index (Phi) is 2.55. The summed E-state index contributed by atoms with van der Waals surface area (Å²) in [5.41, 5.74) is 1.89. The van der Waals surface area contributed by atoms with E-state index in [0.29, 0.717) is 5.37 Å². The average molecular weight is 332 g/mol. The second kappa shape index (κ2) is 3.89. The lowest BCUT2D eigenvalue weighted by Gasteiger charge is -2.10. The van der Waals surface area contributed by atoms with Crippen molar-refractivity contribution in [2.24, 2.45) is 0 Å². The predicted octanol–water partition coefficient (Wildman–Crippen LogP) is 2.46. The first-order valence-corrected chi connectivity index (χ1v) is 6.93. The van der Waals surface area contributed by atoms with Crippen LogP contribution in [0.3, 0.4) is 0 Å². The summed E-state index contributed by atoms with van der Waals surface area (Å²) < 4.78 is 3.11. The largest absolute Gasteiger partial charge is 0.302 e. The molecule has 3 rings (SSSR count). The number of rotatable bonds is 1. The van der Waals surface area contributed by atoms with Crippen molar-refractivity contribution < 1.29 is 0 Å². The average Bonchev–Trinajstić information content (AvgIpc) is 2.85. The molecule has 3 heterocycles. The summed E-state index contributed by atoms with van der Waals surface area (Å²) in [6.45, 7) is 0. The summed E-state index contributed by atoms with van der Waals surface area (Å²) in [4.78, 5) is 12.8. The van der Waals surface area contributed by atoms with Gasteiger partial charge in [-0.3, -0.25) is 0 Å². The van der Waals surface area contributed by atoms with Gasteiger partial charge in [0.05, 0.1) is 11.7 Å². The van der Waals surface area contributed by atoms with Crippen LogP contribution in [0.15, 0.2) is 12.7 Å². The number of hydrogen-bond acceptors (Lipinski definition) is 4. The standard InChI is InChI=1S/C9H9IN4S/c10-8-7-9(12-4-11-8)14(5-13-7)6-2-1-3-15-6/h4-6H,1-3H2/t6-/m1/s1. The van der Waals surface area contributed by atoms with Gasteiger partial charge in [0, 0.05) is 0 Å². The van der Waals surface area contributed by atoms with Gasteiger partial charge in [-0.15, -0.1) is 11.8 Å². The highest BCUT2D eigenvalue weighted by atomic mass is 127. The number of halogens is 1. The molecule has 78 valence electrons. The SMILES string of the molecule is Ic1ncnc2c1ncn2[C@H]1CCCS1. The predicted molar refractivity (Wildman–Crippen MR) is 68.8 cm³/mol. The molecule has 1 aliphatic rings. The van der Waals surface area contributed by atoms with E-state index in [-0.39, 0.29) is 0 Å². The van der Waals surface area contributed by atoms with E-state index in [2.05, 4.69) is 42.1 Å². The highest BCUT2D eigenvalue weighted by Gasteiger charge is 2.20. The van der Waals surface area contributed by atoms with E-state index in [1.54, 1.807) is 6.33 Å². The Labute approximate surface area is 105 Å². The number of fused-ring (bicyclic) bond motifs is 1. The Morgan fingerprint density at radius 2 is 2.33 bits per heavy atom. The number of imidazole rings is 1. The summed E-state index contributed by atoms with van der Waals surface area (Å²) in [5.74, 6) is 1.24. The van der Waals surface area contributed by atoms with Crippen LogP contribution >= 0.6 is 34.4 Å². The van der Waals surface area contributed by atoms with Crippen LogP contribution in [0, 0.1) is 3.70 Å². The van der Waals surface area contributed by atoms with Crippen LogP contribution in [0.25, 0.3) is 11.2 Å². The molecule has 4 nitrogen and oxygen atoms in total. The van der Waals surface area contributed by atoms with E-state index in [0.717, 1.165) is 14.9 Å². The lowest BCUT2D eigenvalue weighted by Crippen LogP contribution is -2.01. The first-order chi connectivity index (χ1) is 7.36. The smallest absolute Gasteiger partial charge is 0.165 e. The second-order valence-electron chi connectivity index (χ2n) is 3.46. The van der Waals surface area contributed by atoms with E-state index in [4.69, 9.17) is 0 Å². The van der Waals surface area contributed by atoms with Crippen molar-refractivity contribution in [1.29, 1.82) is 0 Å². The molecule has 1 aliphatic heterocycles. The van der Waals surface area contributed by atoms with Gasteiger partial charge in [0.15, 0.2) is 5.65 Å². The van der Waals surface area contributed by atoms with Crippen LogP contribution in [0.2, 0.25) is 0 Å². The van der Waals surface area contributed by atoms with Crippen molar-refractivity contribution >= 4 is 45.5 Å². The molecule has 0 unspecified atom stereocenters. The summed E-state index contributed by atoms with van der Waals surface area (Å²) in [6, 6.07) is 0. The quantitative estimate of drug-likeness (QED) is 0.594. The molecule has 0 bridgehead atoms. The zero-order valence-corrected chi connectivity index (χ0v) is 10.9. The molecule has 0 saturated carbocycles. The monoisotopic (exact) mass is 332 g/mol. The first-order valence-electron chi connectivity index (χ1n) is 4.81. The van der Waals surface area contributed by atoms with Crippen LogP contribution in [0.1, 0.15) is 18.2 Å². The third kappa shape index (κ3) is 1.63. The van der Waals surface area contributed by atoms with Crippen LogP contribution in [0.5, 0.6) is 0 Å². The molecule has 15 heavy (non-hydrogen) atoms. The molecule has 0 aliphatic carbocycles. The van der Waals surface area contributed by atoms with Crippen molar-refractivity contribution in [3.05, 3.63) is 16.4 Å². The van der Waals surface area contributed by atoms with E-state index in [9.17, 15) is 0 Å². The maximum atomic E-state index is 4.38. The topological polar surface area (TPSA) is 43.6 Å². The molecular weight excluding hydrogens is 323 g/mol. The van der Waals surface area contributed by atoms with E-state index >= 15 is 0 Å². The number of nitrogens with zero attached hydrogens (tertiary/aromatic N) is 4. The summed E-state index contributed by atoms with van der Waals surface area (Å²) in [5, 5.41) is 0.515. The van der Waals surface area contributed by atoms with E-state index in [1.165, 1.54) is 18.6 Å². The van der Waals surface area contributed by atoms with Crippen molar-refractivity contribution in [3.63, 3.8) is 0 Å². The molecule has 1 fully saturated rings. The highest BCUT2D eigenvalue weighted by molar-refractivity contribution is 14.1. The summed E-state index contributed by atoms with van der Waals surface area (Å²) >= 11 is 4.18. The fourth-order valence-electron chi connectivity index (χ4n) is 1.81. The zero-order chi connectivity index (χ0) is 10.3. The Morgan fingerprint density at radius 3 is 3.13 bits per heavy atom. The minimum atomic E-state index is 0.515. The summed E-state index contributed by atoms with van der Waals surface area (Å²) in [6.07, 6.45) is 6.01. The molecule has 0 radical (unpaired) electrons. The molecule has 2 aromatic heterocycles. The van der Waals surface area contributed by atoms with Crippen molar-refractivity contribution in [3.8, 4) is 0 Å². The molecule has 1 saturated heterocycles. The Balaban J connectivity index is 2.15. The Morgan fingerprint density at radius 1 is 1.40 bits per heavy atom. The van der Waals surface area contributed by atoms with Gasteiger partial charge in [0.1, 0.15) is 15.5 Å². The van der Waals surface area contributed by atoms with Gasteiger partial charge < -0.3 is 4.57 Å². The fraction of sp³-hybridized carbons (Fsp3) is 0.444. The fourth-order valence-corrected chi connectivity index (χ4v) is 3.57. The third-order valence-corrected chi connectivity index (χ3v) is 4.69. The van der Waals surface area contributed by atoms with Crippen LogP contribution in [-0.4, -0.2) is 25.3 Å². The minimum Gasteiger partial charge on any atom is -0.302 e. The molecule has 0 N–H and O–H groups in total. The van der Waals surface area contributed by atoms with E-state index in [1.807, 2.05) is 18.1 Å². The van der Waals surface area contributed by atoms with Crippen molar-refractivity contribution in [1.82, 2.24) is 19.5 Å². The Hall–Kier alpha value is -0.370. The molecular formula is C9H9IN4S. The van der Waals surface area contributed by atoms with E-state index < -0.39 is 0 Å². The number of aromatic nitrogens is 4. The van der Waals surface area contributed by atoms with Crippen LogP contribution in [-0.2, 0) is 0 Å². The van der Waals surface area contributed by atoms with Gasteiger partial charge in [-0.2, -0.15) is 0 Å². The maximum Gasteiger partial charge on any atom is 0.165 e. The van der Waals surface area contributed by atoms with Gasteiger partial charge in [-0.1, -0.05) is 0 Å². The van der Waals surface area contributed by atoms with Gasteiger partial charge in [-0.05, 0) is 41.2 Å². The summed E-state index contributed by atoms with van der Waals surface area (Å²) in [7, 11) is 0. The zero-order valence-electron chi connectivity index (χ0n) is 7.93. The Bertz CT molecular complexity index is 492. The van der Waals surface area contributed by atoms with Crippen molar-refractivity contribution in [2.75, 3.05) is 5.75 Å². The highest BCUT2D eigenvalue weighted by Crippen LogP contribution is 2.37. The normalized spacial score (nSPS) is 21.3. The molecule has 1 atom stereocenters. The van der Waals surface area contributed by atoms with Gasteiger partial charge in [-0.25, -0.2) is 15.0 Å². The second-order valence-corrected chi connectivity index (χ2v) is 5.76. The molecule has 6 heteroatoms. The molecule has 2 aromatic rings. The van der Waals surface area contributed by atoms with Gasteiger partial charge >= 0.3 is 0 Å². The number of hydrogen-bond donors (Lipinski definition) is 0. The van der Waals surface area contributed by atoms with Gasteiger partial charge in [0.2, 0.25) is 0 Å². The number of thioether (sulfide) groups is 1. The first kappa shape index (κ1) is 9.83. The van der Waals surface area contributed by atoms with Gasteiger partial charge in [0.25, 0.3) is 0 Å².